The molecule has 1 aliphatic heterocycles. The third kappa shape index (κ3) is 1.32. The first-order valence-electron chi connectivity index (χ1n) is 4.21. The molecule has 10 heavy (non-hydrogen) atoms. The van der Waals surface area contributed by atoms with Gasteiger partial charge in [0.05, 0.1) is 0 Å². The van der Waals surface area contributed by atoms with Crippen LogP contribution in [0.3, 0.4) is 0 Å². The molecule has 2 N–H and O–H groups in total. The smallest absolute Gasteiger partial charge is 0.00737 e. The SMILES string of the molecule is NC1CC1C1CCSCC1. The number of hydrogen-bond donors (Lipinski definition) is 1. The summed E-state index contributed by atoms with van der Waals surface area (Å²) in [6.07, 6.45) is 4.18. The summed E-state index contributed by atoms with van der Waals surface area (Å²) in [5, 5.41) is 0. The van der Waals surface area contributed by atoms with Crippen LogP contribution in [0.15, 0.2) is 0 Å². The van der Waals surface area contributed by atoms with Crippen molar-refractivity contribution in [2.24, 2.45) is 17.6 Å². The average molecular weight is 157 g/mol. The van der Waals surface area contributed by atoms with Crippen LogP contribution >= 0.6 is 11.8 Å². The number of nitrogens with two attached hydrogens (primary N) is 1. The zero-order valence-electron chi connectivity index (χ0n) is 6.25. The van der Waals surface area contributed by atoms with Gasteiger partial charge in [0.1, 0.15) is 0 Å². The van der Waals surface area contributed by atoms with Crippen LogP contribution in [-0.4, -0.2) is 17.5 Å². The maximum atomic E-state index is 5.79. The molecule has 1 heterocycles. The van der Waals surface area contributed by atoms with Gasteiger partial charge in [0, 0.05) is 6.04 Å². The Hall–Kier alpha value is 0.310. The maximum absolute atomic E-state index is 5.79. The maximum Gasteiger partial charge on any atom is 0.00737 e. The zero-order valence-corrected chi connectivity index (χ0v) is 7.07. The predicted molar refractivity (Wildman–Crippen MR) is 46.1 cm³/mol. The minimum absolute atomic E-state index is 0.577. The molecular weight excluding hydrogens is 142 g/mol. The number of thioether (sulfide) groups is 1. The fraction of sp³-hybridized carbons (Fsp3) is 1.00. The largest absolute Gasteiger partial charge is 0.327 e. The molecule has 0 amide bonds. The van der Waals surface area contributed by atoms with Crippen LogP contribution in [-0.2, 0) is 0 Å². The van der Waals surface area contributed by atoms with Crippen LogP contribution in [0.4, 0.5) is 0 Å². The van der Waals surface area contributed by atoms with E-state index < -0.39 is 0 Å². The highest BCUT2D eigenvalue weighted by atomic mass is 32.2. The topological polar surface area (TPSA) is 26.0 Å². The van der Waals surface area contributed by atoms with Gasteiger partial charge in [-0.3, -0.25) is 0 Å². The Balaban J connectivity index is 1.81. The highest BCUT2D eigenvalue weighted by Crippen LogP contribution is 2.42. The van der Waals surface area contributed by atoms with E-state index in [4.69, 9.17) is 5.73 Å². The van der Waals surface area contributed by atoms with E-state index >= 15 is 0 Å². The lowest BCUT2D eigenvalue weighted by Crippen LogP contribution is -2.16. The predicted octanol–water partition coefficient (Wildman–Crippen LogP) is 1.48. The van der Waals surface area contributed by atoms with Gasteiger partial charge < -0.3 is 5.73 Å². The molecule has 1 nitrogen and oxygen atoms in total. The molecule has 2 unspecified atom stereocenters. The van der Waals surface area contributed by atoms with Gasteiger partial charge >= 0.3 is 0 Å². The van der Waals surface area contributed by atoms with Crippen molar-refractivity contribution in [2.45, 2.75) is 25.3 Å². The van der Waals surface area contributed by atoms with Crippen LogP contribution in [0.25, 0.3) is 0 Å². The molecule has 1 saturated heterocycles. The monoisotopic (exact) mass is 157 g/mol. The molecular formula is C8H15NS. The fourth-order valence-corrected chi connectivity index (χ4v) is 3.06. The van der Waals surface area contributed by atoms with E-state index in [1.165, 1.54) is 30.8 Å². The van der Waals surface area contributed by atoms with E-state index in [9.17, 15) is 0 Å². The van der Waals surface area contributed by atoms with Gasteiger partial charge in [0.15, 0.2) is 0 Å². The van der Waals surface area contributed by atoms with Crippen molar-refractivity contribution in [2.75, 3.05) is 11.5 Å². The molecule has 0 spiro atoms. The highest BCUT2D eigenvalue weighted by Gasteiger charge is 2.40. The van der Waals surface area contributed by atoms with Gasteiger partial charge in [-0.15, -0.1) is 0 Å². The van der Waals surface area contributed by atoms with E-state index in [0.29, 0.717) is 6.04 Å². The molecule has 2 fully saturated rings. The standard InChI is InChI=1S/C8H15NS/c9-8-5-7(8)6-1-3-10-4-2-6/h6-8H,1-5,9H2. The van der Waals surface area contributed by atoms with Gasteiger partial charge in [-0.05, 0) is 42.6 Å². The molecule has 2 atom stereocenters. The first-order valence-corrected chi connectivity index (χ1v) is 5.37. The molecule has 1 saturated carbocycles. The second-order valence-corrected chi connectivity index (χ2v) is 4.74. The lowest BCUT2D eigenvalue weighted by molar-refractivity contribution is 0.423. The van der Waals surface area contributed by atoms with Crippen molar-refractivity contribution < 1.29 is 0 Å². The van der Waals surface area contributed by atoms with Crippen molar-refractivity contribution in [1.29, 1.82) is 0 Å². The Bertz CT molecular complexity index is 120. The molecule has 0 radical (unpaired) electrons. The Morgan fingerprint density at radius 1 is 1.20 bits per heavy atom. The first-order chi connectivity index (χ1) is 4.88. The van der Waals surface area contributed by atoms with Crippen molar-refractivity contribution in [3.63, 3.8) is 0 Å². The third-order valence-electron chi connectivity index (χ3n) is 2.76. The lowest BCUT2D eigenvalue weighted by atomic mass is 9.97. The third-order valence-corrected chi connectivity index (χ3v) is 3.81. The molecule has 2 aliphatic rings. The zero-order chi connectivity index (χ0) is 6.97. The molecule has 0 aromatic rings. The van der Waals surface area contributed by atoms with E-state index in [1.807, 2.05) is 0 Å². The second kappa shape index (κ2) is 2.74. The van der Waals surface area contributed by atoms with Gasteiger partial charge in [-0.1, -0.05) is 0 Å². The van der Waals surface area contributed by atoms with Crippen LogP contribution in [0, 0.1) is 11.8 Å². The Labute approximate surface area is 66.7 Å². The molecule has 2 heteroatoms. The molecule has 58 valence electrons. The van der Waals surface area contributed by atoms with Gasteiger partial charge in [0.2, 0.25) is 0 Å². The molecule has 0 aromatic heterocycles. The average Bonchev–Trinajstić information content (AvgIpc) is 2.69. The Kier molecular flexibility index (Phi) is 1.92. The lowest BCUT2D eigenvalue weighted by Gasteiger charge is -2.20. The summed E-state index contributed by atoms with van der Waals surface area (Å²) in [7, 11) is 0. The Morgan fingerprint density at radius 3 is 2.30 bits per heavy atom. The summed E-state index contributed by atoms with van der Waals surface area (Å²) < 4.78 is 0. The summed E-state index contributed by atoms with van der Waals surface area (Å²) in [5.74, 6) is 4.68. The summed E-state index contributed by atoms with van der Waals surface area (Å²) in [6.45, 7) is 0. The number of rotatable bonds is 1. The van der Waals surface area contributed by atoms with E-state index in [1.54, 1.807) is 0 Å². The summed E-state index contributed by atoms with van der Waals surface area (Å²) >= 11 is 2.10. The second-order valence-electron chi connectivity index (χ2n) is 3.51. The van der Waals surface area contributed by atoms with Gasteiger partial charge in [0.25, 0.3) is 0 Å². The van der Waals surface area contributed by atoms with Crippen LogP contribution in [0.2, 0.25) is 0 Å². The van der Waals surface area contributed by atoms with Gasteiger partial charge in [-0.2, -0.15) is 11.8 Å². The van der Waals surface area contributed by atoms with E-state index in [0.717, 1.165) is 11.8 Å². The quantitative estimate of drug-likeness (QED) is 0.624. The molecule has 1 aliphatic carbocycles. The van der Waals surface area contributed by atoms with Crippen molar-refractivity contribution in [3.8, 4) is 0 Å². The first kappa shape index (κ1) is 6.99. The minimum atomic E-state index is 0.577. The van der Waals surface area contributed by atoms with Gasteiger partial charge in [-0.25, -0.2) is 0 Å². The van der Waals surface area contributed by atoms with E-state index in [-0.39, 0.29) is 0 Å². The van der Waals surface area contributed by atoms with Crippen molar-refractivity contribution in [1.82, 2.24) is 0 Å². The van der Waals surface area contributed by atoms with E-state index in [2.05, 4.69) is 11.8 Å². The van der Waals surface area contributed by atoms with Crippen LogP contribution < -0.4 is 5.73 Å². The fourth-order valence-electron chi connectivity index (χ4n) is 1.92. The highest BCUT2D eigenvalue weighted by molar-refractivity contribution is 7.99. The summed E-state index contributed by atoms with van der Waals surface area (Å²) in [6, 6.07) is 0.577. The summed E-state index contributed by atoms with van der Waals surface area (Å²) in [4.78, 5) is 0. The van der Waals surface area contributed by atoms with Crippen LogP contribution in [0.1, 0.15) is 19.3 Å². The molecule has 0 aromatic carbocycles. The minimum Gasteiger partial charge on any atom is -0.327 e. The number of hydrogen-bond acceptors (Lipinski definition) is 2. The molecule has 2 rings (SSSR count). The van der Waals surface area contributed by atoms with Crippen molar-refractivity contribution in [3.05, 3.63) is 0 Å². The van der Waals surface area contributed by atoms with Crippen molar-refractivity contribution >= 4 is 11.8 Å². The molecule has 0 bridgehead atoms. The van der Waals surface area contributed by atoms with Crippen LogP contribution in [0.5, 0.6) is 0 Å². The Morgan fingerprint density at radius 2 is 1.80 bits per heavy atom. The normalized spacial score (nSPS) is 41.7. The summed E-state index contributed by atoms with van der Waals surface area (Å²) in [5.41, 5.74) is 5.79.